The van der Waals surface area contributed by atoms with Crippen molar-refractivity contribution in [3.8, 4) is 11.8 Å². The van der Waals surface area contributed by atoms with Crippen LogP contribution in [-0.4, -0.2) is 0 Å². The zero-order chi connectivity index (χ0) is 13.8. The van der Waals surface area contributed by atoms with Gasteiger partial charge in [0.25, 0.3) is 0 Å². The molecule has 3 heteroatoms. The van der Waals surface area contributed by atoms with Crippen LogP contribution in [0.3, 0.4) is 0 Å². The second kappa shape index (κ2) is 5.45. The van der Waals surface area contributed by atoms with Crippen molar-refractivity contribution in [1.29, 1.82) is 5.26 Å². The highest BCUT2D eigenvalue weighted by molar-refractivity contribution is 5.53. The zero-order valence-corrected chi connectivity index (χ0v) is 11.1. The summed E-state index contributed by atoms with van der Waals surface area (Å²) in [6, 6.07) is 13.4. The predicted octanol–water partition coefficient (Wildman–Crippen LogP) is 3.34. The molecule has 0 radical (unpaired) electrons. The first kappa shape index (κ1) is 13.0. The minimum atomic E-state index is 0.444. The number of nitrogen functional groups attached to an aromatic ring is 1. The Kier molecular flexibility index (Phi) is 3.72. The number of hydrogen-bond acceptors (Lipinski definition) is 3. The fourth-order valence-corrected chi connectivity index (χ4v) is 1.82. The first-order chi connectivity index (χ1) is 9.10. The minimum Gasteiger partial charge on any atom is -0.488 e. The third-order valence-corrected chi connectivity index (χ3v) is 3.09. The summed E-state index contributed by atoms with van der Waals surface area (Å²) in [4.78, 5) is 0. The van der Waals surface area contributed by atoms with E-state index in [0.717, 1.165) is 5.56 Å². The Balaban J connectivity index is 2.14. The van der Waals surface area contributed by atoms with Gasteiger partial charge in [-0.25, -0.2) is 0 Å². The molecule has 0 aliphatic rings. The molecule has 96 valence electrons. The Bertz CT molecular complexity index is 642. The average molecular weight is 252 g/mol. The summed E-state index contributed by atoms with van der Waals surface area (Å²) in [6.45, 7) is 4.59. The number of nitriles is 1. The van der Waals surface area contributed by atoms with Crippen molar-refractivity contribution in [2.45, 2.75) is 20.5 Å². The molecule has 0 fully saturated rings. The van der Waals surface area contributed by atoms with Crippen LogP contribution < -0.4 is 10.5 Å². The van der Waals surface area contributed by atoms with Crippen LogP contribution in [0.15, 0.2) is 36.4 Å². The molecule has 2 N–H and O–H groups in total. The van der Waals surface area contributed by atoms with E-state index in [1.165, 1.54) is 11.1 Å². The molecular weight excluding hydrogens is 236 g/mol. The van der Waals surface area contributed by atoms with E-state index in [-0.39, 0.29) is 0 Å². The van der Waals surface area contributed by atoms with Gasteiger partial charge in [0.1, 0.15) is 18.4 Å². The summed E-state index contributed by atoms with van der Waals surface area (Å²) in [5.74, 6) is 0.565. The number of ether oxygens (including phenoxy) is 1. The van der Waals surface area contributed by atoms with Crippen molar-refractivity contribution in [1.82, 2.24) is 0 Å². The molecule has 2 aromatic carbocycles. The highest BCUT2D eigenvalue weighted by Crippen LogP contribution is 2.22. The van der Waals surface area contributed by atoms with E-state index >= 15 is 0 Å². The summed E-state index contributed by atoms with van der Waals surface area (Å²) >= 11 is 0. The smallest absolute Gasteiger partial charge is 0.137 e. The van der Waals surface area contributed by atoms with Crippen LogP contribution >= 0.6 is 0 Å². The summed E-state index contributed by atoms with van der Waals surface area (Å²) in [6.07, 6.45) is 0. The molecule has 0 amide bonds. The van der Waals surface area contributed by atoms with Crippen LogP contribution in [0.25, 0.3) is 0 Å². The van der Waals surface area contributed by atoms with Gasteiger partial charge in [0, 0.05) is 5.69 Å². The van der Waals surface area contributed by atoms with Crippen LogP contribution in [0.4, 0.5) is 5.69 Å². The molecule has 0 aliphatic carbocycles. The quantitative estimate of drug-likeness (QED) is 0.852. The van der Waals surface area contributed by atoms with Gasteiger partial charge in [-0.2, -0.15) is 5.26 Å². The van der Waals surface area contributed by atoms with E-state index in [1.807, 2.05) is 6.07 Å². The number of rotatable bonds is 3. The maximum Gasteiger partial charge on any atom is 0.137 e. The summed E-state index contributed by atoms with van der Waals surface area (Å²) in [5, 5.41) is 9.04. The third-order valence-electron chi connectivity index (χ3n) is 3.09. The second-order valence-corrected chi connectivity index (χ2v) is 4.57. The lowest BCUT2D eigenvalue weighted by Crippen LogP contribution is -1.99. The number of anilines is 1. The normalized spacial score (nSPS) is 9.95. The molecule has 0 heterocycles. The molecule has 0 saturated carbocycles. The monoisotopic (exact) mass is 252 g/mol. The van der Waals surface area contributed by atoms with Gasteiger partial charge < -0.3 is 10.5 Å². The molecule has 0 aromatic heterocycles. The standard InChI is InChI=1S/C16H16N2O/c1-11-3-4-13(7-12(11)2)10-19-16-6-5-15(18)8-14(16)9-17/h3-8H,10,18H2,1-2H3. The number of nitrogens with zero attached hydrogens (tertiary/aromatic N) is 1. The van der Waals surface area contributed by atoms with Gasteiger partial charge in [-0.15, -0.1) is 0 Å². The van der Waals surface area contributed by atoms with Crippen LogP contribution in [0.1, 0.15) is 22.3 Å². The van der Waals surface area contributed by atoms with Crippen molar-refractivity contribution < 1.29 is 4.74 Å². The number of hydrogen-bond donors (Lipinski definition) is 1. The van der Waals surface area contributed by atoms with Gasteiger partial charge in [-0.1, -0.05) is 18.2 Å². The van der Waals surface area contributed by atoms with Crippen LogP contribution in [0.5, 0.6) is 5.75 Å². The van der Waals surface area contributed by atoms with Crippen LogP contribution in [-0.2, 0) is 6.61 Å². The molecule has 0 saturated heterocycles. The van der Waals surface area contributed by atoms with Gasteiger partial charge in [-0.05, 0) is 48.7 Å². The van der Waals surface area contributed by atoms with E-state index in [4.69, 9.17) is 15.7 Å². The van der Waals surface area contributed by atoms with Crippen molar-refractivity contribution in [3.05, 3.63) is 58.7 Å². The Morgan fingerprint density at radius 1 is 1.11 bits per heavy atom. The van der Waals surface area contributed by atoms with E-state index in [1.54, 1.807) is 18.2 Å². The highest BCUT2D eigenvalue weighted by Gasteiger charge is 2.04. The number of nitrogens with two attached hydrogens (primary N) is 1. The Hall–Kier alpha value is -2.47. The minimum absolute atomic E-state index is 0.444. The lowest BCUT2D eigenvalue weighted by atomic mass is 10.1. The zero-order valence-electron chi connectivity index (χ0n) is 11.1. The van der Waals surface area contributed by atoms with Gasteiger partial charge >= 0.3 is 0 Å². The third kappa shape index (κ3) is 3.05. The second-order valence-electron chi connectivity index (χ2n) is 4.57. The average Bonchev–Trinajstić information content (AvgIpc) is 2.41. The topological polar surface area (TPSA) is 59.0 Å². The Morgan fingerprint density at radius 3 is 2.58 bits per heavy atom. The summed E-state index contributed by atoms with van der Waals surface area (Å²) in [7, 11) is 0. The molecule has 0 aliphatic heterocycles. The van der Waals surface area contributed by atoms with Gasteiger partial charge in [0.05, 0.1) is 5.56 Å². The molecule has 19 heavy (non-hydrogen) atoms. The fraction of sp³-hybridized carbons (Fsp3) is 0.188. The van der Waals surface area contributed by atoms with E-state index in [9.17, 15) is 0 Å². The lowest BCUT2D eigenvalue weighted by molar-refractivity contribution is 0.305. The van der Waals surface area contributed by atoms with Crippen molar-refractivity contribution in [2.24, 2.45) is 0 Å². The maximum absolute atomic E-state index is 9.04. The van der Waals surface area contributed by atoms with Crippen LogP contribution in [0.2, 0.25) is 0 Å². The van der Waals surface area contributed by atoms with E-state index in [0.29, 0.717) is 23.6 Å². The maximum atomic E-state index is 9.04. The highest BCUT2D eigenvalue weighted by atomic mass is 16.5. The Labute approximate surface area is 113 Å². The number of aryl methyl sites for hydroxylation is 2. The summed E-state index contributed by atoms with van der Waals surface area (Å²) < 4.78 is 5.69. The molecule has 0 atom stereocenters. The molecule has 2 aromatic rings. The predicted molar refractivity (Wildman–Crippen MR) is 75.8 cm³/mol. The van der Waals surface area contributed by atoms with E-state index < -0.39 is 0 Å². The molecule has 2 rings (SSSR count). The van der Waals surface area contributed by atoms with E-state index in [2.05, 4.69) is 32.0 Å². The fourth-order valence-electron chi connectivity index (χ4n) is 1.82. The van der Waals surface area contributed by atoms with Gasteiger partial charge in [-0.3, -0.25) is 0 Å². The molecule has 0 bridgehead atoms. The molecule has 0 unspecified atom stereocenters. The lowest BCUT2D eigenvalue weighted by Gasteiger charge is -2.09. The van der Waals surface area contributed by atoms with Crippen LogP contribution in [0, 0.1) is 25.2 Å². The van der Waals surface area contributed by atoms with Crippen molar-refractivity contribution in [3.63, 3.8) is 0 Å². The molecule has 3 nitrogen and oxygen atoms in total. The molecule has 0 spiro atoms. The van der Waals surface area contributed by atoms with Crippen molar-refractivity contribution in [2.75, 3.05) is 5.73 Å². The first-order valence-corrected chi connectivity index (χ1v) is 6.08. The Morgan fingerprint density at radius 2 is 1.89 bits per heavy atom. The first-order valence-electron chi connectivity index (χ1n) is 6.08. The largest absolute Gasteiger partial charge is 0.488 e. The van der Waals surface area contributed by atoms with Crippen molar-refractivity contribution >= 4 is 5.69 Å². The summed E-state index contributed by atoms with van der Waals surface area (Å²) in [5.41, 5.74) is 10.2. The number of benzene rings is 2. The molecular formula is C16H16N2O. The van der Waals surface area contributed by atoms with Gasteiger partial charge in [0.15, 0.2) is 0 Å². The van der Waals surface area contributed by atoms with Gasteiger partial charge in [0.2, 0.25) is 0 Å². The SMILES string of the molecule is Cc1ccc(COc2ccc(N)cc2C#N)cc1C.